The fourth-order valence-electron chi connectivity index (χ4n) is 0. The second-order valence-electron chi connectivity index (χ2n) is 0. The molecule has 0 radical (unpaired) electrons. The molecule has 0 aliphatic heterocycles. The molecule has 32 valence electrons. The van der Waals surface area contributed by atoms with Crippen molar-refractivity contribution in [3.05, 3.63) is 0 Å². The fourth-order valence-corrected chi connectivity index (χ4v) is 0. The van der Waals surface area contributed by atoms with Crippen molar-refractivity contribution in [2.75, 3.05) is 0 Å². The van der Waals surface area contributed by atoms with Gasteiger partial charge in [0.1, 0.15) is 0 Å². The van der Waals surface area contributed by atoms with E-state index in [2.05, 4.69) is 19.4 Å². The molecule has 0 spiro atoms. The molecule has 0 aliphatic rings. The summed E-state index contributed by atoms with van der Waals surface area (Å²) in [6.07, 6.45) is 0. The van der Waals surface area contributed by atoms with Crippen molar-refractivity contribution in [2.24, 2.45) is 0 Å². The van der Waals surface area contributed by atoms with Gasteiger partial charge in [0.25, 0.3) is 0 Å². The van der Waals surface area contributed by atoms with Crippen LogP contribution in [0.3, 0.4) is 0 Å². The Hall–Kier alpha value is 1.83. The number of hydrogen-bond acceptors (Lipinski definition) is 0. The first-order chi connectivity index (χ1) is 2.00. The molecule has 0 amide bonds. The van der Waals surface area contributed by atoms with E-state index in [9.17, 15) is 0 Å². The third-order valence-corrected chi connectivity index (χ3v) is 0. The van der Waals surface area contributed by atoms with Gasteiger partial charge in [-0.05, 0) is 0 Å². The molecule has 0 heterocycles. The molecule has 0 aromatic rings. The minimum absolute atomic E-state index is 2.02. The van der Waals surface area contributed by atoms with E-state index in [0.29, 0.717) is 0 Å². The predicted molar refractivity (Wildman–Crippen MR) is 11.7 cm³/mol. The predicted octanol–water partition coefficient (Wildman–Crippen LogP) is 1.37. The van der Waals surface area contributed by atoms with Gasteiger partial charge in [-0.2, -0.15) is 0 Å². The van der Waals surface area contributed by atoms with E-state index in [4.69, 9.17) is 0 Å². The third kappa shape index (κ3) is 9.16. The van der Waals surface area contributed by atoms with Gasteiger partial charge in [-0.25, -0.2) is 0 Å². The molecule has 0 fully saturated rings. The quantitative estimate of drug-likeness (QED) is 0.587. The molecule has 0 saturated heterocycles. The van der Waals surface area contributed by atoms with Crippen LogP contribution < -0.4 is 0 Å². The van der Waals surface area contributed by atoms with E-state index in [1.807, 2.05) is 34.6 Å². The molecule has 0 atom stereocenters. The minimum atomic E-state index is 2.02. The zero-order chi connectivity index (χ0) is 4.00. The monoisotopic (exact) mass is 276 g/mol. The molecular formula is Cl2Rh2. The van der Waals surface area contributed by atoms with Crippen molar-refractivity contribution < 1.29 is 34.6 Å². The van der Waals surface area contributed by atoms with Crippen molar-refractivity contribution in [1.82, 2.24) is 0 Å². The van der Waals surface area contributed by atoms with Crippen LogP contribution in [0.25, 0.3) is 0 Å². The topological polar surface area (TPSA) is 0 Å². The Balaban J connectivity index is 0. The van der Waals surface area contributed by atoms with Crippen LogP contribution in [0, 0.1) is 0 Å². The van der Waals surface area contributed by atoms with Crippen molar-refractivity contribution in [3.63, 3.8) is 0 Å². The molecule has 0 unspecified atom stereocenters. The Kier molecular flexibility index (Phi) is 49.1. The van der Waals surface area contributed by atoms with Crippen LogP contribution in [0.2, 0.25) is 0 Å². The van der Waals surface area contributed by atoms with E-state index >= 15 is 0 Å². The summed E-state index contributed by atoms with van der Waals surface area (Å²) in [4.78, 5) is 0. The first-order valence-corrected chi connectivity index (χ1v) is 4.47. The van der Waals surface area contributed by atoms with Crippen molar-refractivity contribution >= 4 is 19.4 Å². The Morgan fingerprint density at radius 3 is 0.750 bits per heavy atom. The Morgan fingerprint density at radius 1 is 0.750 bits per heavy atom. The van der Waals surface area contributed by atoms with Crippen LogP contribution >= 0.6 is 19.4 Å². The third-order valence-electron chi connectivity index (χ3n) is 0. The van der Waals surface area contributed by atoms with Gasteiger partial charge in [0.05, 0.1) is 0 Å². The normalized spacial score (nSPS) is 3.50. The number of rotatable bonds is 0. The Morgan fingerprint density at radius 2 is 0.750 bits per heavy atom. The second kappa shape index (κ2) is 21.2. The summed E-state index contributed by atoms with van der Waals surface area (Å²) >= 11 is 4.04. The molecular weight excluding hydrogens is 277 g/mol. The summed E-state index contributed by atoms with van der Waals surface area (Å²) in [5.41, 5.74) is 0. The molecule has 4 heteroatoms. The van der Waals surface area contributed by atoms with Gasteiger partial charge in [-0.15, -0.1) is 0 Å². The standard InChI is InChI=1S/2ClH.2Rh/h2*1H;;/q;;2*+1/p-2. The molecule has 0 N–H and O–H groups in total. The first-order valence-electron chi connectivity index (χ1n) is 0.252. The second-order valence-corrected chi connectivity index (χ2v) is 0. The fraction of sp³-hybridized carbons (Fsp3) is 0. The van der Waals surface area contributed by atoms with Crippen molar-refractivity contribution in [1.29, 1.82) is 0 Å². The summed E-state index contributed by atoms with van der Waals surface area (Å²) in [5, 5.41) is 0. The SMILES string of the molecule is [Cl][Rh].[Cl][Rh]. The summed E-state index contributed by atoms with van der Waals surface area (Å²) in [6.45, 7) is 0. The van der Waals surface area contributed by atoms with E-state index < -0.39 is 0 Å². The summed E-state index contributed by atoms with van der Waals surface area (Å²) in [7, 11) is 9.06. The van der Waals surface area contributed by atoms with Gasteiger partial charge in [0, 0.05) is 0 Å². The van der Waals surface area contributed by atoms with Crippen molar-refractivity contribution in [2.45, 2.75) is 0 Å². The van der Waals surface area contributed by atoms with Crippen LogP contribution in [0.15, 0.2) is 0 Å². The van der Waals surface area contributed by atoms with Gasteiger partial charge < -0.3 is 0 Å². The van der Waals surface area contributed by atoms with Crippen LogP contribution in [0.1, 0.15) is 0 Å². The van der Waals surface area contributed by atoms with E-state index in [0.717, 1.165) is 0 Å². The molecule has 0 saturated carbocycles. The van der Waals surface area contributed by atoms with Gasteiger partial charge in [0.15, 0.2) is 0 Å². The van der Waals surface area contributed by atoms with Crippen LogP contribution in [-0.4, -0.2) is 0 Å². The molecule has 0 aliphatic carbocycles. The summed E-state index contributed by atoms with van der Waals surface area (Å²) < 4.78 is 0. The average Bonchev–Trinajstić information content (AvgIpc) is 1.50. The number of halogens is 2. The molecule has 0 bridgehead atoms. The van der Waals surface area contributed by atoms with Gasteiger partial charge in [-0.1, -0.05) is 0 Å². The van der Waals surface area contributed by atoms with Gasteiger partial charge >= 0.3 is 54.0 Å². The average molecular weight is 277 g/mol. The van der Waals surface area contributed by atoms with Crippen molar-refractivity contribution in [3.8, 4) is 0 Å². The number of hydrogen-bond donors (Lipinski definition) is 0. The maximum atomic E-state index is 4.53. The van der Waals surface area contributed by atoms with Gasteiger partial charge in [-0.3, -0.25) is 0 Å². The molecule has 0 aromatic heterocycles. The molecule has 0 aromatic carbocycles. The van der Waals surface area contributed by atoms with E-state index in [1.54, 1.807) is 0 Å². The zero-order valence-electron chi connectivity index (χ0n) is 1.42. The summed E-state index contributed by atoms with van der Waals surface area (Å²) in [6, 6.07) is 0. The molecule has 0 rings (SSSR count). The van der Waals surface area contributed by atoms with Crippen LogP contribution in [0.4, 0.5) is 0 Å². The van der Waals surface area contributed by atoms with Crippen LogP contribution in [0.5, 0.6) is 0 Å². The zero-order valence-corrected chi connectivity index (χ0v) is 6.21. The van der Waals surface area contributed by atoms with E-state index in [1.165, 1.54) is 0 Å². The summed E-state index contributed by atoms with van der Waals surface area (Å²) in [5.74, 6) is 0. The molecule has 0 nitrogen and oxygen atoms in total. The first kappa shape index (κ1) is 9.27. The maximum absolute atomic E-state index is 4.53. The Labute approximate surface area is 53.7 Å². The van der Waals surface area contributed by atoms with E-state index in [-0.39, 0.29) is 0 Å². The molecule has 4 heavy (non-hydrogen) atoms. The van der Waals surface area contributed by atoms with Gasteiger partial charge in [0.2, 0.25) is 0 Å². The van der Waals surface area contributed by atoms with Crippen LogP contribution in [-0.2, 0) is 34.6 Å². The Bertz CT molecular complexity index is 4.00.